The summed E-state index contributed by atoms with van der Waals surface area (Å²) >= 11 is 5.98. The van der Waals surface area contributed by atoms with Crippen LogP contribution in [0, 0.1) is 0 Å². The Labute approximate surface area is 161 Å². The van der Waals surface area contributed by atoms with E-state index in [-0.39, 0.29) is 11.1 Å². The van der Waals surface area contributed by atoms with Crippen molar-refractivity contribution in [3.63, 3.8) is 0 Å². The molecular formula is C20H18ClNO5. The molecule has 0 spiro atoms. The SMILES string of the molecule is CC[C@H]1Oc2ccccc2C(=O)N(CC(=O)c2cc(Cl)ccc2OC)C1=O. The van der Waals surface area contributed by atoms with Crippen LogP contribution in [-0.4, -0.2) is 42.3 Å². The molecule has 1 heterocycles. The van der Waals surface area contributed by atoms with Gasteiger partial charge in [-0.1, -0.05) is 30.7 Å². The van der Waals surface area contributed by atoms with Crippen LogP contribution < -0.4 is 9.47 Å². The number of methoxy groups -OCH3 is 1. The fourth-order valence-electron chi connectivity index (χ4n) is 2.90. The normalized spacial score (nSPS) is 16.4. The highest BCUT2D eigenvalue weighted by molar-refractivity contribution is 6.31. The second-order valence-corrected chi connectivity index (χ2v) is 6.44. The summed E-state index contributed by atoms with van der Waals surface area (Å²) in [5.41, 5.74) is 0.449. The monoisotopic (exact) mass is 387 g/mol. The molecule has 2 aromatic carbocycles. The van der Waals surface area contributed by atoms with E-state index < -0.39 is 30.2 Å². The number of carbonyl (C=O) groups excluding carboxylic acids is 3. The number of fused-ring (bicyclic) bond motifs is 1. The number of imide groups is 1. The van der Waals surface area contributed by atoms with Crippen LogP contribution in [0.3, 0.4) is 0 Å². The van der Waals surface area contributed by atoms with Gasteiger partial charge in [-0.15, -0.1) is 0 Å². The Morgan fingerprint density at radius 1 is 1.22 bits per heavy atom. The number of hydrogen-bond acceptors (Lipinski definition) is 5. The fourth-order valence-corrected chi connectivity index (χ4v) is 3.08. The average molecular weight is 388 g/mol. The molecule has 2 amide bonds. The number of Topliss-reactive ketones (excluding diaryl/α,β-unsaturated/α-hetero) is 1. The van der Waals surface area contributed by atoms with Gasteiger partial charge < -0.3 is 9.47 Å². The topological polar surface area (TPSA) is 72.9 Å². The minimum absolute atomic E-state index is 0.206. The van der Waals surface area contributed by atoms with E-state index in [0.717, 1.165) is 4.90 Å². The summed E-state index contributed by atoms with van der Waals surface area (Å²) in [6, 6.07) is 11.2. The van der Waals surface area contributed by atoms with Gasteiger partial charge in [0.1, 0.15) is 11.5 Å². The van der Waals surface area contributed by atoms with Gasteiger partial charge in [0.05, 0.1) is 24.8 Å². The number of hydrogen-bond donors (Lipinski definition) is 0. The Morgan fingerprint density at radius 3 is 2.67 bits per heavy atom. The number of ketones is 1. The second-order valence-electron chi connectivity index (χ2n) is 6.01. The average Bonchev–Trinajstić information content (AvgIpc) is 2.78. The number of para-hydroxylation sites is 1. The van der Waals surface area contributed by atoms with Gasteiger partial charge in [-0.3, -0.25) is 19.3 Å². The van der Waals surface area contributed by atoms with Crippen LogP contribution in [0.25, 0.3) is 0 Å². The number of rotatable bonds is 5. The minimum atomic E-state index is -0.841. The maximum atomic E-state index is 12.9. The first-order valence-corrected chi connectivity index (χ1v) is 8.82. The van der Waals surface area contributed by atoms with E-state index in [4.69, 9.17) is 21.1 Å². The summed E-state index contributed by atoms with van der Waals surface area (Å²) in [5.74, 6) is -0.917. The van der Waals surface area contributed by atoms with E-state index in [1.54, 1.807) is 43.3 Å². The summed E-state index contributed by atoms with van der Waals surface area (Å²) in [5, 5.41) is 0.354. The molecule has 7 heteroatoms. The molecule has 1 atom stereocenters. The molecule has 0 radical (unpaired) electrons. The molecule has 0 saturated heterocycles. The van der Waals surface area contributed by atoms with Crippen LogP contribution >= 0.6 is 11.6 Å². The molecule has 3 rings (SSSR count). The molecule has 1 aliphatic heterocycles. The van der Waals surface area contributed by atoms with Gasteiger partial charge in [0.15, 0.2) is 11.9 Å². The smallest absolute Gasteiger partial charge is 0.270 e. The molecule has 0 saturated carbocycles. The van der Waals surface area contributed by atoms with E-state index in [1.165, 1.54) is 13.2 Å². The van der Waals surface area contributed by atoms with Gasteiger partial charge in [-0.05, 0) is 36.8 Å². The Kier molecular flexibility index (Phi) is 5.46. The molecule has 0 bridgehead atoms. The van der Waals surface area contributed by atoms with Crippen LogP contribution in [0.1, 0.15) is 34.1 Å². The summed E-state index contributed by atoms with van der Waals surface area (Å²) in [6.45, 7) is 1.35. The van der Waals surface area contributed by atoms with E-state index >= 15 is 0 Å². The quantitative estimate of drug-likeness (QED) is 0.581. The first-order chi connectivity index (χ1) is 13.0. The van der Waals surface area contributed by atoms with E-state index in [9.17, 15) is 14.4 Å². The van der Waals surface area contributed by atoms with Gasteiger partial charge >= 0.3 is 0 Å². The number of amides is 2. The van der Waals surface area contributed by atoms with Crippen LogP contribution in [0.5, 0.6) is 11.5 Å². The Morgan fingerprint density at radius 2 is 1.96 bits per heavy atom. The molecular weight excluding hydrogens is 370 g/mol. The first-order valence-electron chi connectivity index (χ1n) is 8.44. The van der Waals surface area contributed by atoms with E-state index in [2.05, 4.69) is 0 Å². The third-order valence-electron chi connectivity index (χ3n) is 4.31. The van der Waals surface area contributed by atoms with Gasteiger partial charge in [0.2, 0.25) is 0 Å². The highest BCUT2D eigenvalue weighted by atomic mass is 35.5. The van der Waals surface area contributed by atoms with Crippen LogP contribution in [0.4, 0.5) is 0 Å². The third kappa shape index (κ3) is 3.66. The molecule has 2 aromatic rings. The molecule has 140 valence electrons. The largest absolute Gasteiger partial charge is 0.496 e. The Balaban J connectivity index is 1.97. The van der Waals surface area contributed by atoms with Gasteiger partial charge in [-0.2, -0.15) is 0 Å². The molecule has 1 aliphatic rings. The lowest BCUT2D eigenvalue weighted by Gasteiger charge is -2.21. The zero-order chi connectivity index (χ0) is 19.6. The first kappa shape index (κ1) is 18.9. The number of carbonyl (C=O) groups is 3. The maximum absolute atomic E-state index is 12.9. The number of benzene rings is 2. The lowest BCUT2D eigenvalue weighted by molar-refractivity contribution is -0.135. The molecule has 0 aliphatic carbocycles. The second kappa shape index (κ2) is 7.80. The molecule has 0 aromatic heterocycles. The number of ether oxygens (including phenoxy) is 2. The highest BCUT2D eigenvalue weighted by Crippen LogP contribution is 2.28. The van der Waals surface area contributed by atoms with Crippen molar-refractivity contribution in [3.05, 3.63) is 58.6 Å². The summed E-state index contributed by atoms with van der Waals surface area (Å²) < 4.78 is 10.9. The molecule has 6 nitrogen and oxygen atoms in total. The van der Waals surface area contributed by atoms with Crippen LogP contribution in [0.2, 0.25) is 5.02 Å². The predicted molar refractivity (Wildman–Crippen MR) is 99.5 cm³/mol. The van der Waals surface area contributed by atoms with Crippen molar-refractivity contribution < 1.29 is 23.9 Å². The summed E-state index contributed by atoms with van der Waals surface area (Å²) in [4.78, 5) is 39.5. The lowest BCUT2D eigenvalue weighted by Crippen LogP contribution is -2.45. The van der Waals surface area contributed by atoms with Crippen molar-refractivity contribution in [1.29, 1.82) is 0 Å². The molecule has 0 fully saturated rings. The molecule has 27 heavy (non-hydrogen) atoms. The molecule has 0 N–H and O–H groups in total. The maximum Gasteiger partial charge on any atom is 0.270 e. The minimum Gasteiger partial charge on any atom is -0.496 e. The zero-order valence-corrected chi connectivity index (χ0v) is 15.7. The number of nitrogens with zero attached hydrogens (tertiary/aromatic N) is 1. The summed E-state index contributed by atoms with van der Waals surface area (Å²) in [6.07, 6.45) is -0.474. The fraction of sp³-hybridized carbons (Fsp3) is 0.250. The zero-order valence-electron chi connectivity index (χ0n) is 14.9. The Hall–Kier alpha value is -2.86. The van der Waals surface area contributed by atoms with Gasteiger partial charge in [0.25, 0.3) is 11.8 Å². The van der Waals surface area contributed by atoms with Crippen molar-refractivity contribution in [1.82, 2.24) is 4.90 Å². The predicted octanol–water partition coefficient (Wildman–Crippen LogP) is 3.37. The van der Waals surface area contributed by atoms with Crippen molar-refractivity contribution in [2.45, 2.75) is 19.4 Å². The third-order valence-corrected chi connectivity index (χ3v) is 4.54. The molecule has 0 unspecified atom stereocenters. The van der Waals surface area contributed by atoms with Crippen molar-refractivity contribution in [2.24, 2.45) is 0 Å². The van der Waals surface area contributed by atoms with Crippen molar-refractivity contribution in [3.8, 4) is 11.5 Å². The van der Waals surface area contributed by atoms with E-state index in [1.807, 2.05) is 0 Å². The summed E-state index contributed by atoms with van der Waals surface area (Å²) in [7, 11) is 1.43. The van der Waals surface area contributed by atoms with Crippen LogP contribution in [0.15, 0.2) is 42.5 Å². The standard InChI is InChI=1S/C20H18ClNO5/c1-3-16-20(25)22(19(24)13-6-4-5-7-18(13)27-16)11-15(23)14-10-12(21)8-9-17(14)26-2/h4-10,16H,3,11H2,1-2H3/t16-/m1/s1. The van der Waals surface area contributed by atoms with Crippen molar-refractivity contribution in [2.75, 3.05) is 13.7 Å². The Bertz CT molecular complexity index is 911. The highest BCUT2D eigenvalue weighted by Gasteiger charge is 2.36. The van der Waals surface area contributed by atoms with Crippen LogP contribution in [-0.2, 0) is 4.79 Å². The van der Waals surface area contributed by atoms with Gasteiger partial charge in [0, 0.05) is 5.02 Å². The number of halogens is 1. The lowest BCUT2D eigenvalue weighted by atomic mass is 10.1. The van der Waals surface area contributed by atoms with E-state index in [0.29, 0.717) is 22.9 Å². The van der Waals surface area contributed by atoms with Gasteiger partial charge in [-0.25, -0.2) is 0 Å². The van der Waals surface area contributed by atoms with Crippen molar-refractivity contribution >= 4 is 29.2 Å².